The molecule has 0 radical (unpaired) electrons. The molecule has 1 atom stereocenters. The lowest BCUT2D eigenvalue weighted by Gasteiger charge is -2.12. The number of hydrogen-bond donors (Lipinski definition) is 1. The van der Waals surface area contributed by atoms with Crippen LogP contribution in [0.2, 0.25) is 0 Å². The molecule has 132 valence electrons. The van der Waals surface area contributed by atoms with Crippen molar-refractivity contribution in [1.29, 1.82) is 0 Å². The number of aromatic amines is 1. The average Bonchev–Trinajstić information content (AvgIpc) is 3.28. The predicted octanol–water partition coefficient (Wildman–Crippen LogP) is 2.46. The fraction of sp³-hybridized carbons (Fsp3) is 0.105. The highest BCUT2D eigenvalue weighted by Crippen LogP contribution is 2.20. The van der Waals surface area contributed by atoms with Crippen LogP contribution in [0.3, 0.4) is 0 Å². The molecule has 0 fully saturated rings. The molecule has 0 aliphatic heterocycles. The quantitative estimate of drug-likeness (QED) is 0.535. The molecule has 0 aliphatic rings. The van der Waals surface area contributed by atoms with Gasteiger partial charge in [0.15, 0.2) is 5.65 Å². The Morgan fingerprint density at radius 2 is 1.89 bits per heavy atom. The first-order valence-electron chi connectivity index (χ1n) is 8.53. The number of nitrogens with zero attached hydrogens (tertiary/aromatic N) is 6. The molecule has 0 bridgehead atoms. The Morgan fingerprint density at radius 3 is 2.74 bits per heavy atom. The maximum atomic E-state index is 12.6. The van der Waals surface area contributed by atoms with Crippen LogP contribution in [0.15, 0.2) is 66.0 Å². The van der Waals surface area contributed by atoms with E-state index in [0.717, 1.165) is 16.7 Å². The van der Waals surface area contributed by atoms with Crippen molar-refractivity contribution in [2.24, 2.45) is 0 Å². The number of H-pyrrole nitrogens is 1. The van der Waals surface area contributed by atoms with Crippen LogP contribution < -0.4 is 5.69 Å². The van der Waals surface area contributed by atoms with Gasteiger partial charge < -0.3 is 4.98 Å². The summed E-state index contributed by atoms with van der Waals surface area (Å²) in [6.45, 7) is 1.92. The highest BCUT2D eigenvalue weighted by Gasteiger charge is 2.18. The number of hydrogen-bond acceptors (Lipinski definition) is 5. The third kappa shape index (κ3) is 2.42. The van der Waals surface area contributed by atoms with Crippen molar-refractivity contribution >= 4 is 22.2 Å². The second-order valence-corrected chi connectivity index (χ2v) is 6.24. The first-order valence-corrected chi connectivity index (χ1v) is 8.53. The van der Waals surface area contributed by atoms with Gasteiger partial charge in [0.1, 0.15) is 11.8 Å². The lowest BCUT2D eigenvalue weighted by molar-refractivity contribution is 0.612. The van der Waals surface area contributed by atoms with Gasteiger partial charge in [0.25, 0.3) is 0 Å². The van der Waals surface area contributed by atoms with Gasteiger partial charge in [-0.15, -0.1) is 0 Å². The maximum Gasteiger partial charge on any atom is 0.328 e. The number of aromatic nitrogens is 7. The second kappa shape index (κ2) is 5.87. The molecule has 5 rings (SSSR count). The molecular formula is C19H15N7O. The molecular weight excluding hydrogens is 342 g/mol. The van der Waals surface area contributed by atoms with E-state index in [4.69, 9.17) is 0 Å². The molecule has 8 nitrogen and oxygen atoms in total. The van der Waals surface area contributed by atoms with Gasteiger partial charge in [0.2, 0.25) is 5.95 Å². The average molecular weight is 357 g/mol. The van der Waals surface area contributed by atoms with Crippen LogP contribution in [0.4, 0.5) is 0 Å². The maximum absolute atomic E-state index is 12.6. The molecule has 0 amide bonds. The van der Waals surface area contributed by atoms with Crippen molar-refractivity contribution in [3.63, 3.8) is 0 Å². The third-order valence-electron chi connectivity index (χ3n) is 4.62. The lowest BCUT2D eigenvalue weighted by Crippen LogP contribution is -2.22. The van der Waals surface area contributed by atoms with Crippen LogP contribution in [0.25, 0.3) is 28.1 Å². The van der Waals surface area contributed by atoms with Crippen molar-refractivity contribution in [2.45, 2.75) is 13.0 Å². The molecule has 1 aromatic carbocycles. The standard InChI is InChI=1S/C19H15N7O/c1-12(13-6-4-5-9-20-13)26-17-15(23-19(26)27)10-21-18(24-17)25-11-22-14-7-2-3-8-16(14)25/h2-12H,1H3,(H,23,27). The summed E-state index contributed by atoms with van der Waals surface area (Å²) < 4.78 is 3.41. The number of nitrogens with one attached hydrogen (secondary N) is 1. The smallest absolute Gasteiger partial charge is 0.303 e. The molecule has 0 spiro atoms. The van der Waals surface area contributed by atoms with Gasteiger partial charge in [0.05, 0.1) is 29.0 Å². The van der Waals surface area contributed by atoms with E-state index in [0.29, 0.717) is 17.1 Å². The van der Waals surface area contributed by atoms with E-state index in [1.54, 1.807) is 23.3 Å². The summed E-state index contributed by atoms with van der Waals surface area (Å²) in [4.78, 5) is 33.2. The van der Waals surface area contributed by atoms with Crippen LogP contribution in [0.5, 0.6) is 0 Å². The minimum absolute atomic E-state index is 0.245. The first kappa shape index (κ1) is 15.4. The van der Waals surface area contributed by atoms with E-state index in [-0.39, 0.29) is 11.7 Å². The molecule has 4 aromatic heterocycles. The molecule has 27 heavy (non-hydrogen) atoms. The van der Waals surface area contributed by atoms with Gasteiger partial charge in [0, 0.05) is 6.20 Å². The summed E-state index contributed by atoms with van der Waals surface area (Å²) in [6, 6.07) is 13.1. The van der Waals surface area contributed by atoms with Crippen LogP contribution in [-0.4, -0.2) is 34.1 Å². The van der Waals surface area contributed by atoms with Crippen LogP contribution in [0.1, 0.15) is 18.7 Å². The van der Waals surface area contributed by atoms with Crippen molar-refractivity contribution in [1.82, 2.24) is 34.1 Å². The number of benzene rings is 1. The Morgan fingerprint density at radius 1 is 1.04 bits per heavy atom. The largest absolute Gasteiger partial charge is 0.328 e. The fourth-order valence-corrected chi connectivity index (χ4v) is 3.26. The Hall–Kier alpha value is -3.81. The van der Waals surface area contributed by atoms with E-state index < -0.39 is 0 Å². The molecule has 1 unspecified atom stereocenters. The summed E-state index contributed by atoms with van der Waals surface area (Å²) >= 11 is 0. The zero-order chi connectivity index (χ0) is 18.4. The van der Waals surface area contributed by atoms with Gasteiger partial charge in [-0.25, -0.2) is 14.8 Å². The van der Waals surface area contributed by atoms with Gasteiger partial charge in [-0.3, -0.25) is 14.1 Å². The Labute approximate surface area is 153 Å². The molecule has 0 saturated carbocycles. The summed E-state index contributed by atoms with van der Waals surface area (Å²) in [5.74, 6) is 0.456. The lowest BCUT2D eigenvalue weighted by atomic mass is 10.2. The predicted molar refractivity (Wildman–Crippen MR) is 101 cm³/mol. The van der Waals surface area contributed by atoms with Crippen molar-refractivity contribution < 1.29 is 0 Å². The van der Waals surface area contributed by atoms with E-state index in [1.165, 1.54) is 0 Å². The Kier molecular flexibility index (Phi) is 3.36. The van der Waals surface area contributed by atoms with E-state index in [1.807, 2.05) is 54.0 Å². The number of para-hydroxylation sites is 2. The van der Waals surface area contributed by atoms with Crippen molar-refractivity contribution in [3.8, 4) is 5.95 Å². The van der Waals surface area contributed by atoms with Gasteiger partial charge in [-0.05, 0) is 31.2 Å². The number of fused-ring (bicyclic) bond motifs is 2. The second-order valence-electron chi connectivity index (χ2n) is 6.24. The molecule has 1 N–H and O–H groups in total. The number of imidazole rings is 2. The minimum atomic E-state index is -0.269. The van der Waals surface area contributed by atoms with Crippen LogP contribution >= 0.6 is 0 Å². The molecule has 0 aliphatic carbocycles. The van der Waals surface area contributed by atoms with Gasteiger partial charge in [-0.2, -0.15) is 4.98 Å². The van der Waals surface area contributed by atoms with Crippen molar-refractivity contribution in [2.75, 3.05) is 0 Å². The number of pyridine rings is 1. The molecule has 5 aromatic rings. The minimum Gasteiger partial charge on any atom is -0.303 e. The molecule has 8 heteroatoms. The number of rotatable bonds is 3. The van der Waals surface area contributed by atoms with E-state index >= 15 is 0 Å². The Bertz CT molecular complexity index is 1320. The fourth-order valence-electron chi connectivity index (χ4n) is 3.26. The summed E-state index contributed by atoms with van der Waals surface area (Å²) in [5, 5.41) is 0. The third-order valence-corrected chi connectivity index (χ3v) is 4.62. The zero-order valence-electron chi connectivity index (χ0n) is 14.4. The zero-order valence-corrected chi connectivity index (χ0v) is 14.4. The van der Waals surface area contributed by atoms with E-state index in [9.17, 15) is 4.79 Å². The highest BCUT2D eigenvalue weighted by molar-refractivity contribution is 5.77. The summed E-state index contributed by atoms with van der Waals surface area (Å²) in [6.07, 6.45) is 5.02. The van der Waals surface area contributed by atoms with Gasteiger partial charge in [-0.1, -0.05) is 18.2 Å². The molecule has 4 heterocycles. The van der Waals surface area contributed by atoms with E-state index in [2.05, 4.69) is 24.9 Å². The van der Waals surface area contributed by atoms with Crippen LogP contribution in [0, 0.1) is 0 Å². The van der Waals surface area contributed by atoms with Gasteiger partial charge >= 0.3 is 5.69 Å². The summed E-state index contributed by atoms with van der Waals surface area (Å²) in [5.41, 5.74) is 3.41. The highest BCUT2D eigenvalue weighted by atomic mass is 16.1. The SMILES string of the molecule is CC(c1ccccn1)n1c(=O)[nH]c2cnc(-n3cnc4ccccc43)nc21. The molecule has 0 saturated heterocycles. The topological polar surface area (TPSA) is 94.3 Å². The summed E-state index contributed by atoms with van der Waals surface area (Å²) in [7, 11) is 0. The normalized spacial score (nSPS) is 12.6. The van der Waals surface area contributed by atoms with Crippen molar-refractivity contribution in [3.05, 3.63) is 77.4 Å². The first-order chi connectivity index (χ1) is 13.2. The monoisotopic (exact) mass is 357 g/mol. The van der Waals surface area contributed by atoms with Crippen LogP contribution in [-0.2, 0) is 0 Å². The Balaban J connectivity index is 1.71.